The van der Waals surface area contributed by atoms with E-state index in [1.807, 2.05) is 52.0 Å². The first-order chi connectivity index (χ1) is 11.8. The lowest BCUT2D eigenvalue weighted by Crippen LogP contribution is -2.43. The number of nitrogens with one attached hydrogen (secondary N) is 2. The van der Waals surface area contributed by atoms with Gasteiger partial charge < -0.3 is 10.6 Å². The summed E-state index contributed by atoms with van der Waals surface area (Å²) in [5.74, 6) is 0.668. The Morgan fingerprint density at radius 1 is 1.28 bits per heavy atom. The van der Waals surface area contributed by atoms with Crippen LogP contribution in [-0.2, 0) is 5.54 Å². The summed E-state index contributed by atoms with van der Waals surface area (Å²) < 4.78 is 1.60. The molecule has 9 heteroatoms. The van der Waals surface area contributed by atoms with E-state index in [1.54, 1.807) is 22.2 Å². The highest BCUT2D eigenvalue weighted by molar-refractivity contribution is 7.11. The van der Waals surface area contributed by atoms with E-state index in [0.29, 0.717) is 11.5 Å². The van der Waals surface area contributed by atoms with Crippen molar-refractivity contribution in [2.75, 3.05) is 5.32 Å². The Bertz CT molecular complexity index is 899. The molecular weight excluding hydrogens is 338 g/mol. The highest BCUT2D eigenvalue weighted by Crippen LogP contribution is 2.25. The van der Waals surface area contributed by atoms with Crippen molar-refractivity contribution in [1.82, 2.24) is 30.5 Å². The van der Waals surface area contributed by atoms with E-state index >= 15 is 0 Å². The van der Waals surface area contributed by atoms with Crippen LogP contribution in [-0.4, -0.2) is 31.2 Å². The highest BCUT2D eigenvalue weighted by atomic mass is 32.1. The van der Waals surface area contributed by atoms with Crippen LogP contribution >= 0.6 is 11.3 Å². The number of hydrogen-bond acceptors (Lipinski definition) is 6. The molecule has 25 heavy (non-hydrogen) atoms. The smallest absolute Gasteiger partial charge is 0.319 e. The molecule has 0 atom stereocenters. The Morgan fingerprint density at radius 2 is 2.08 bits per heavy atom. The molecule has 0 radical (unpaired) electrons. The molecule has 0 saturated heterocycles. The maximum Gasteiger partial charge on any atom is 0.319 e. The number of rotatable bonds is 4. The van der Waals surface area contributed by atoms with Crippen molar-refractivity contribution in [2.45, 2.75) is 33.2 Å². The van der Waals surface area contributed by atoms with E-state index in [-0.39, 0.29) is 6.03 Å². The van der Waals surface area contributed by atoms with Gasteiger partial charge in [-0.3, -0.25) is 0 Å². The first kappa shape index (κ1) is 17.0. The third kappa shape index (κ3) is 3.82. The number of tetrazole rings is 1. The number of hydrogen-bond donors (Lipinski definition) is 2. The minimum Gasteiger partial charge on any atom is -0.326 e. The normalized spacial score (nSPS) is 11.4. The van der Waals surface area contributed by atoms with Gasteiger partial charge in [0.2, 0.25) is 0 Å². The molecular formula is C16H19N7OS. The lowest BCUT2D eigenvalue weighted by atomic mass is 10.1. The Morgan fingerprint density at radius 3 is 2.72 bits per heavy atom. The summed E-state index contributed by atoms with van der Waals surface area (Å²) in [6, 6.07) is 7.02. The molecule has 1 aromatic carbocycles. The van der Waals surface area contributed by atoms with Gasteiger partial charge in [0.15, 0.2) is 5.82 Å². The molecule has 3 rings (SSSR count). The van der Waals surface area contributed by atoms with Crippen molar-refractivity contribution >= 4 is 23.1 Å². The average molecular weight is 357 g/mol. The van der Waals surface area contributed by atoms with Crippen LogP contribution in [0.2, 0.25) is 0 Å². The van der Waals surface area contributed by atoms with Crippen molar-refractivity contribution in [3.63, 3.8) is 0 Å². The van der Waals surface area contributed by atoms with E-state index < -0.39 is 5.54 Å². The molecule has 0 aliphatic rings. The molecule has 8 nitrogen and oxygen atoms in total. The maximum absolute atomic E-state index is 12.4. The average Bonchev–Trinajstić information content (AvgIpc) is 3.15. The summed E-state index contributed by atoms with van der Waals surface area (Å²) in [7, 11) is 0. The SMILES string of the molecule is Cc1cnc(C(C)(C)NC(=O)Nc2cccc(-n3nnnc3C)c2)s1. The number of nitrogens with zero attached hydrogens (tertiary/aromatic N) is 5. The third-order valence-electron chi connectivity index (χ3n) is 3.56. The summed E-state index contributed by atoms with van der Waals surface area (Å²) in [6.07, 6.45) is 1.80. The van der Waals surface area contributed by atoms with Gasteiger partial charge in [-0.05, 0) is 56.3 Å². The number of aromatic nitrogens is 5. The van der Waals surface area contributed by atoms with Gasteiger partial charge in [0.05, 0.1) is 11.2 Å². The largest absolute Gasteiger partial charge is 0.326 e. The van der Waals surface area contributed by atoms with Crippen LogP contribution < -0.4 is 10.6 Å². The third-order valence-corrected chi connectivity index (χ3v) is 4.79. The predicted molar refractivity (Wildman–Crippen MR) is 95.9 cm³/mol. The van der Waals surface area contributed by atoms with Crippen LogP contribution in [0, 0.1) is 13.8 Å². The maximum atomic E-state index is 12.4. The van der Waals surface area contributed by atoms with Crippen LogP contribution in [0.5, 0.6) is 0 Å². The second kappa shape index (κ2) is 6.60. The fourth-order valence-electron chi connectivity index (χ4n) is 2.33. The number of carbonyl (C=O) groups is 1. The van der Waals surface area contributed by atoms with Gasteiger partial charge in [0.25, 0.3) is 0 Å². The second-order valence-corrected chi connectivity index (χ2v) is 7.40. The van der Waals surface area contributed by atoms with E-state index in [4.69, 9.17) is 0 Å². The van der Waals surface area contributed by atoms with Crippen molar-refractivity contribution in [1.29, 1.82) is 0 Å². The molecule has 0 unspecified atom stereocenters. The molecule has 0 spiro atoms. The number of amides is 2. The Labute approximate surface area is 149 Å². The summed E-state index contributed by atoms with van der Waals surface area (Å²) in [5, 5.41) is 18.1. The van der Waals surface area contributed by atoms with Crippen LogP contribution in [0.4, 0.5) is 10.5 Å². The highest BCUT2D eigenvalue weighted by Gasteiger charge is 2.26. The monoisotopic (exact) mass is 357 g/mol. The molecule has 3 aromatic rings. The lowest BCUT2D eigenvalue weighted by molar-refractivity contribution is 0.242. The Balaban J connectivity index is 1.72. The van der Waals surface area contributed by atoms with Gasteiger partial charge >= 0.3 is 6.03 Å². The summed E-state index contributed by atoms with van der Waals surface area (Å²) in [6.45, 7) is 7.65. The number of thiazole rings is 1. The van der Waals surface area contributed by atoms with E-state index in [2.05, 4.69) is 31.1 Å². The zero-order valence-corrected chi connectivity index (χ0v) is 15.3. The van der Waals surface area contributed by atoms with E-state index in [9.17, 15) is 4.79 Å². The molecule has 130 valence electrons. The van der Waals surface area contributed by atoms with E-state index in [0.717, 1.165) is 15.6 Å². The quantitative estimate of drug-likeness (QED) is 0.748. The number of aryl methyl sites for hydroxylation is 2. The fraction of sp³-hybridized carbons (Fsp3) is 0.312. The van der Waals surface area contributed by atoms with E-state index in [1.165, 1.54) is 0 Å². The molecule has 0 aliphatic carbocycles. The van der Waals surface area contributed by atoms with Crippen molar-refractivity contribution in [2.24, 2.45) is 0 Å². The van der Waals surface area contributed by atoms with Crippen LogP contribution in [0.15, 0.2) is 30.5 Å². The van der Waals surface area contributed by atoms with Crippen molar-refractivity contribution in [3.05, 3.63) is 46.2 Å². The molecule has 0 saturated carbocycles. The fourth-order valence-corrected chi connectivity index (χ4v) is 3.15. The predicted octanol–water partition coefficient (Wildman–Crippen LogP) is 2.79. The topological polar surface area (TPSA) is 97.6 Å². The van der Waals surface area contributed by atoms with Gasteiger partial charge in [-0.1, -0.05) is 6.07 Å². The molecule has 2 amide bonds. The lowest BCUT2D eigenvalue weighted by Gasteiger charge is -2.24. The van der Waals surface area contributed by atoms with Crippen molar-refractivity contribution < 1.29 is 4.79 Å². The molecule has 2 aromatic heterocycles. The molecule has 2 heterocycles. The first-order valence-corrected chi connectivity index (χ1v) is 8.54. The summed E-state index contributed by atoms with van der Waals surface area (Å²) in [4.78, 5) is 17.8. The van der Waals surface area contributed by atoms with Gasteiger partial charge in [-0.2, -0.15) is 4.68 Å². The van der Waals surface area contributed by atoms with Gasteiger partial charge in [0, 0.05) is 16.8 Å². The molecule has 0 fully saturated rings. The number of urea groups is 1. The van der Waals surface area contributed by atoms with Crippen LogP contribution in [0.25, 0.3) is 5.69 Å². The minimum absolute atomic E-state index is 0.302. The Kier molecular flexibility index (Phi) is 4.49. The van der Waals surface area contributed by atoms with Gasteiger partial charge in [-0.25, -0.2) is 9.78 Å². The summed E-state index contributed by atoms with van der Waals surface area (Å²) in [5.41, 5.74) is 0.860. The van der Waals surface area contributed by atoms with Crippen LogP contribution in [0.3, 0.4) is 0 Å². The molecule has 0 bridgehead atoms. The minimum atomic E-state index is -0.562. The van der Waals surface area contributed by atoms with Crippen molar-refractivity contribution in [3.8, 4) is 5.69 Å². The first-order valence-electron chi connectivity index (χ1n) is 7.73. The number of carbonyl (C=O) groups excluding carboxylic acids is 1. The number of benzene rings is 1. The molecule has 0 aliphatic heterocycles. The number of anilines is 1. The zero-order valence-electron chi connectivity index (χ0n) is 14.4. The standard InChI is InChI=1S/C16H19N7OS/c1-10-9-17-14(25-10)16(3,4)19-15(24)18-12-6-5-7-13(8-12)23-11(2)20-21-22-23/h5-9H,1-4H3,(H2,18,19,24). The van der Waals surface area contributed by atoms with Gasteiger partial charge in [0.1, 0.15) is 5.01 Å². The molecule has 2 N–H and O–H groups in total. The van der Waals surface area contributed by atoms with Gasteiger partial charge in [-0.15, -0.1) is 16.4 Å². The zero-order chi connectivity index (χ0) is 18.0. The Hall–Kier alpha value is -2.81. The summed E-state index contributed by atoms with van der Waals surface area (Å²) >= 11 is 1.57. The van der Waals surface area contributed by atoms with Crippen LogP contribution in [0.1, 0.15) is 29.6 Å². The second-order valence-electron chi connectivity index (χ2n) is 6.17.